The van der Waals surface area contributed by atoms with Gasteiger partial charge in [-0.3, -0.25) is 0 Å². The van der Waals surface area contributed by atoms with Crippen LogP contribution in [0.25, 0.3) is 0 Å². The average Bonchev–Trinajstić information content (AvgIpc) is 2.77. The maximum atomic E-state index is 12.8. The molecule has 1 aromatic rings. The van der Waals surface area contributed by atoms with Crippen molar-refractivity contribution in [3.8, 4) is 0 Å². The number of halogens is 1. The number of hydrogen-bond donors (Lipinski definition) is 1. The zero-order valence-electron chi connectivity index (χ0n) is 10.4. The molecule has 0 unspecified atom stereocenters. The van der Waals surface area contributed by atoms with Crippen LogP contribution in [0.15, 0.2) is 41.8 Å². The summed E-state index contributed by atoms with van der Waals surface area (Å²) in [7, 11) is -3.64. The van der Waals surface area contributed by atoms with E-state index >= 15 is 0 Å². The second-order valence-electron chi connectivity index (χ2n) is 4.50. The van der Waals surface area contributed by atoms with Gasteiger partial charge in [-0.15, -0.1) is 6.58 Å². The van der Waals surface area contributed by atoms with Crippen molar-refractivity contribution in [2.24, 2.45) is 5.92 Å². The van der Waals surface area contributed by atoms with E-state index in [1.807, 2.05) is 0 Å². The number of allylic oxidation sites excluding steroid dienone is 1. The Morgan fingerprint density at radius 3 is 2.68 bits per heavy atom. The molecular formula is C13H16FNO3S. The quantitative estimate of drug-likeness (QED) is 0.838. The summed E-state index contributed by atoms with van der Waals surface area (Å²) in [6, 6.07) is 4.47. The minimum absolute atomic E-state index is 0.0538. The van der Waals surface area contributed by atoms with Gasteiger partial charge < -0.3 is 4.74 Å². The third kappa shape index (κ3) is 3.40. The highest BCUT2D eigenvalue weighted by Crippen LogP contribution is 2.20. The molecule has 0 radical (unpaired) electrons. The van der Waals surface area contributed by atoms with Crippen molar-refractivity contribution in [2.45, 2.75) is 17.4 Å². The number of hydrogen-bond acceptors (Lipinski definition) is 3. The molecule has 0 aromatic heterocycles. The van der Waals surface area contributed by atoms with Gasteiger partial charge in [0.2, 0.25) is 10.0 Å². The van der Waals surface area contributed by atoms with E-state index in [2.05, 4.69) is 11.3 Å². The Hall–Kier alpha value is -1.24. The molecule has 1 fully saturated rings. The van der Waals surface area contributed by atoms with Gasteiger partial charge in [-0.25, -0.2) is 17.5 Å². The Bertz CT molecular complexity index is 542. The SMILES string of the molecule is C=CC[C@H]1COC[C@H]1NS(=O)(=O)c1ccc(F)cc1. The van der Waals surface area contributed by atoms with Crippen molar-refractivity contribution in [3.05, 3.63) is 42.7 Å². The Morgan fingerprint density at radius 2 is 2.05 bits per heavy atom. The lowest BCUT2D eigenvalue weighted by Crippen LogP contribution is -2.39. The first kappa shape index (κ1) is 14.2. The molecule has 1 N–H and O–H groups in total. The third-order valence-electron chi connectivity index (χ3n) is 3.10. The molecule has 1 aliphatic heterocycles. The number of rotatable bonds is 5. The lowest BCUT2D eigenvalue weighted by molar-refractivity contribution is 0.184. The van der Waals surface area contributed by atoms with Gasteiger partial charge in [-0.1, -0.05) is 6.08 Å². The number of nitrogens with one attached hydrogen (secondary N) is 1. The summed E-state index contributed by atoms with van der Waals surface area (Å²) < 4.78 is 45.0. The van der Waals surface area contributed by atoms with Crippen molar-refractivity contribution in [2.75, 3.05) is 13.2 Å². The van der Waals surface area contributed by atoms with Gasteiger partial charge in [0.1, 0.15) is 5.82 Å². The van der Waals surface area contributed by atoms with Crippen molar-refractivity contribution in [1.29, 1.82) is 0 Å². The van der Waals surface area contributed by atoms with E-state index in [1.54, 1.807) is 6.08 Å². The van der Waals surface area contributed by atoms with Crippen molar-refractivity contribution >= 4 is 10.0 Å². The van der Waals surface area contributed by atoms with Crippen LogP contribution in [0.4, 0.5) is 4.39 Å². The van der Waals surface area contributed by atoms with Crippen LogP contribution in [0, 0.1) is 11.7 Å². The normalized spacial score (nSPS) is 23.4. The van der Waals surface area contributed by atoms with Gasteiger partial charge in [-0.05, 0) is 30.7 Å². The lowest BCUT2D eigenvalue weighted by Gasteiger charge is -2.17. The summed E-state index contributed by atoms with van der Waals surface area (Å²) in [6.07, 6.45) is 2.44. The highest BCUT2D eigenvalue weighted by Gasteiger charge is 2.31. The van der Waals surface area contributed by atoms with Crippen LogP contribution in [0.1, 0.15) is 6.42 Å². The van der Waals surface area contributed by atoms with E-state index in [0.717, 1.165) is 12.1 Å². The number of benzene rings is 1. The number of sulfonamides is 1. The second kappa shape index (κ2) is 5.81. The predicted molar refractivity (Wildman–Crippen MR) is 69.6 cm³/mol. The molecule has 6 heteroatoms. The summed E-state index contributed by atoms with van der Waals surface area (Å²) in [5, 5.41) is 0. The fourth-order valence-corrected chi connectivity index (χ4v) is 3.35. The van der Waals surface area contributed by atoms with Crippen molar-refractivity contribution in [1.82, 2.24) is 4.72 Å². The highest BCUT2D eigenvalue weighted by molar-refractivity contribution is 7.89. The molecule has 0 bridgehead atoms. The maximum absolute atomic E-state index is 12.8. The summed E-state index contributed by atoms with van der Waals surface area (Å²) >= 11 is 0. The minimum Gasteiger partial charge on any atom is -0.379 e. The van der Waals surface area contributed by atoms with Crippen LogP contribution in [-0.2, 0) is 14.8 Å². The molecule has 1 saturated heterocycles. The zero-order chi connectivity index (χ0) is 13.9. The highest BCUT2D eigenvalue weighted by atomic mass is 32.2. The van der Waals surface area contributed by atoms with Crippen molar-refractivity contribution < 1.29 is 17.5 Å². The molecule has 2 rings (SSSR count). The predicted octanol–water partition coefficient (Wildman–Crippen LogP) is 1.70. The van der Waals surface area contributed by atoms with E-state index < -0.39 is 15.8 Å². The molecule has 0 amide bonds. The van der Waals surface area contributed by atoms with Crippen molar-refractivity contribution in [3.63, 3.8) is 0 Å². The fourth-order valence-electron chi connectivity index (χ4n) is 2.06. The van der Waals surface area contributed by atoms with Gasteiger partial charge in [0.05, 0.1) is 24.2 Å². The van der Waals surface area contributed by atoms with Crippen LogP contribution in [0.3, 0.4) is 0 Å². The third-order valence-corrected chi connectivity index (χ3v) is 4.60. The minimum atomic E-state index is -3.64. The van der Waals surface area contributed by atoms with E-state index in [-0.39, 0.29) is 16.9 Å². The molecule has 0 spiro atoms. The first-order valence-electron chi connectivity index (χ1n) is 5.99. The zero-order valence-corrected chi connectivity index (χ0v) is 11.2. The summed E-state index contributed by atoms with van der Waals surface area (Å²) in [5.74, 6) is -0.375. The van der Waals surface area contributed by atoms with Gasteiger partial charge in [0, 0.05) is 5.92 Å². The number of ether oxygens (including phenoxy) is 1. The van der Waals surface area contributed by atoms with E-state index in [1.165, 1.54) is 12.1 Å². The van der Waals surface area contributed by atoms with E-state index in [9.17, 15) is 12.8 Å². The summed E-state index contributed by atoms with van der Waals surface area (Å²) in [5.41, 5.74) is 0. The average molecular weight is 285 g/mol. The smallest absolute Gasteiger partial charge is 0.240 e. The largest absolute Gasteiger partial charge is 0.379 e. The van der Waals surface area contributed by atoms with Crippen LogP contribution in [0.5, 0.6) is 0 Å². The fraction of sp³-hybridized carbons (Fsp3) is 0.385. The van der Waals surface area contributed by atoms with Gasteiger partial charge >= 0.3 is 0 Å². The van der Waals surface area contributed by atoms with Crippen LogP contribution >= 0.6 is 0 Å². The Balaban J connectivity index is 2.12. The molecule has 1 heterocycles. The monoisotopic (exact) mass is 285 g/mol. The Labute approximate surface area is 112 Å². The van der Waals surface area contributed by atoms with Gasteiger partial charge in [0.25, 0.3) is 0 Å². The topological polar surface area (TPSA) is 55.4 Å². The van der Waals surface area contributed by atoms with Crippen LogP contribution in [-0.4, -0.2) is 27.7 Å². The maximum Gasteiger partial charge on any atom is 0.240 e. The Kier molecular flexibility index (Phi) is 4.34. The summed E-state index contributed by atoms with van der Waals surface area (Å²) in [6.45, 7) is 4.51. The van der Waals surface area contributed by atoms with Gasteiger partial charge in [0.15, 0.2) is 0 Å². The van der Waals surface area contributed by atoms with Crippen LogP contribution < -0.4 is 4.72 Å². The summed E-state index contributed by atoms with van der Waals surface area (Å²) in [4.78, 5) is 0.0538. The molecule has 1 aliphatic rings. The molecule has 0 saturated carbocycles. The van der Waals surface area contributed by atoms with E-state index in [4.69, 9.17) is 4.74 Å². The lowest BCUT2D eigenvalue weighted by atomic mass is 10.0. The molecule has 1 aromatic carbocycles. The molecule has 4 nitrogen and oxygen atoms in total. The van der Waals surface area contributed by atoms with Crippen LogP contribution in [0.2, 0.25) is 0 Å². The Morgan fingerprint density at radius 1 is 1.37 bits per heavy atom. The molecule has 2 atom stereocenters. The van der Waals surface area contributed by atoms with E-state index in [0.29, 0.717) is 19.6 Å². The molecule has 0 aliphatic carbocycles. The van der Waals surface area contributed by atoms with Gasteiger partial charge in [-0.2, -0.15) is 0 Å². The molecular weight excluding hydrogens is 269 g/mol. The molecule has 104 valence electrons. The standard InChI is InChI=1S/C13H16FNO3S/c1-2-3-10-8-18-9-13(10)15-19(16,17)12-6-4-11(14)5-7-12/h2,4-7,10,13,15H,1,3,8-9H2/t10-,13+/m0/s1. The second-order valence-corrected chi connectivity index (χ2v) is 6.22. The first-order valence-corrected chi connectivity index (χ1v) is 7.48. The molecule has 19 heavy (non-hydrogen) atoms. The first-order chi connectivity index (χ1) is 9.03.